The van der Waals surface area contributed by atoms with Gasteiger partial charge in [0.05, 0.1) is 6.04 Å². The molecule has 0 saturated carbocycles. The van der Waals surface area contributed by atoms with Crippen LogP contribution < -0.4 is 10.6 Å². The highest BCUT2D eigenvalue weighted by molar-refractivity contribution is 5.99. The molecule has 138 valence electrons. The van der Waals surface area contributed by atoms with E-state index >= 15 is 0 Å². The Labute approximate surface area is 160 Å². The van der Waals surface area contributed by atoms with Gasteiger partial charge in [-0.25, -0.2) is 0 Å². The van der Waals surface area contributed by atoms with E-state index in [1.807, 2.05) is 23.1 Å². The first-order valence-corrected chi connectivity index (χ1v) is 9.07. The predicted octanol–water partition coefficient (Wildman–Crippen LogP) is 3.42. The molecule has 0 aliphatic carbocycles. The molecule has 2 aliphatic heterocycles. The fraction of sp³-hybridized carbons (Fsp3) is 0.381. The van der Waals surface area contributed by atoms with Crippen molar-refractivity contribution in [1.82, 2.24) is 0 Å². The third-order valence-corrected chi connectivity index (χ3v) is 5.41. The Morgan fingerprint density at radius 2 is 1.81 bits per heavy atom. The van der Waals surface area contributed by atoms with Crippen LogP contribution in [0.25, 0.3) is 11.1 Å². The van der Waals surface area contributed by atoms with E-state index in [1.165, 1.54) is 16.7 Å². The van der Waals surface area contributed by atoms with Crippen LogP contribution in [0.15, 0.2) is 48.5 Å². The van der Waals surface area contributed by atoms with Gasteiger partial charge in [0.25, 0.3) is 0 Å². The van der Waals surface area contributed by atoms with Gasteiger partial charge < -0.3 is 15.4 Å². The topological polar surface area (TPSA) is 55.6 Å². The van der Waals surface area contributed by atoms with Crippen LogP contribution >= 0.6 is 12.4 Å². The van der Waals surface area contributed by atoms with E-state index in [-0.39, 0.29) is 24.2 Å². The van der Waals surface area contributed by atoms with Gasteiger partial charge in [0.15, 0.2) is 0 Å². The van der Waals surface area contributed by atoms with Crippen molar-refractivity contribution in [1.29, 1.82) is 0 Å². The molecule has 4 rings (SSSR count). The van der Waals surface area contributed by atoms with Crippen LogP contribution in [-0.4, -0.2) is 31.7 Å². The second-order valence-electron chi connectivity index (χ2n) is 6.92. The summed E-state index contributed by atoms with van der Waals surface area (Å²) in [4.78, 5) is 14.8. The molecule has 4 nitrogen and oxygen atoms in total. The second-order valence-corrected chi connectivity index (χ2v) is 6.92. The van der Waals surface area contributed by atoms with Gasteiger partial charge in [-0.15, -0.1) is 12.4 Å². The number of ether oxygens (including phenoxy) is 1. The number of benzene rings is 2. The number of anilines is 1. The standard InChI is InChI=1S/C21H24N2O2.ClH/c22-20(16-9-12-25-13-10-16)21(24)23-11-8-18-14-17(6-7-19(18)23)15-4-2-1-3-5-15;/h1-7,14,16,20H,8-13,22H2;1H. The summed E-state index contributed by atoms with van der Waals surface area (Å²) < 4.78 is 5.39. The molecule has 2 heterocycles. The van der Waals surface area contributed by atoms with Gasteiger partial charge in [-0.2, -0.15) is 0 Å². The zero-order valence-corrected chi connectivity index (χ0v) is 15.6. The largest absolute Gasteiger partial charge is 0.381 e. The SMILES string of the molecule is Cl.NC(C(=O)N1CCc2cc(-c3ccccc3)ccc21)C1CCOCC1. The average molecular weight is 373 g/mol. The Bertz CT molecular complexity index is 760. The van der Waals surface area contributed by atoms with Crippen molar-refractivity contribution in [3.8, 4) is 11.1 Å². The second kappa shape index (κ2) is 8.21. The minimum absolute atomic E-state index is 0. The normalized spacial score (nSPS) is 18.1. The number of carbonyl (C=O) groups is 1. The molecule has 1 amide bonds. The zero-order valence-electron chi connectivity index (χ0n) is 14.8. The first-order chi connectivity index (χ1) is 12.2. The van der Waals surface area contributed by atoms with Gasteiger partial charge in [0.2, 0.25) is 5.91 Å². The summed E-state index contributed by atoms with van der Waals surface area (Å²) in [5.74, 6) is 0.284. The van der Waals surface area contributed by atoms with Gasteiger partial charge in [0, 0.05) is 25.4 Å². The maximum Gasteiger partial charge on any atom is 0.244 e. The average Bonchev–Trinajstić information content (AvgIpc) is 3.11. The summed E-state index contributed by atoms with van der Waals surface area (Å²) in [6, 6.07) is 16.3. The number of hydrogen-bond acceptors (Lipinski definition) is 3. The maximum absolute atomic E-state index is 12.9. The summed E-state index contributed by atoms with van der Waals surface area (Å²) >= 11 is 0. The lowest BCUT2D eigenvalue weighted by Gasteiger charge is -2.30. The molecular weight excluding hydrogens is 348 g/mol. The van der Waals surface area contributed by atoms with Crippen LogP contribution in [0.3, 0.4) is 0 Å². The molecule has 2 aliphatic rings. The molecule has 2 N–H and O–H groups in total. The molecule has 1 unspecified atom stereocenters. The van der Waals surface area contributed by atoms with Gasteiger partial charge in [-0.1, -0.05) is 36.4 Å². The molecule has 0 spiro atoms. The number of hydrogen-bond donors (Lipinski definition) is 1. The van der Waals surface area contributed by atoms with Crippen molar-refractivity contribution in [3.05, 3.63) is 54.1 Å². The molecule has 0 radical (unpaired) electrons. The van der Waals surface area contributed by atoms with Gasteiger partial charge in [-0.3, -0.25) is 4.79 Å². The Hall–Kier alpha value is -1.88. The van der Waals surface area contributed by atoms with Crippen molar-refractivity contribution in [2.24, 2.45) is 11.7 Å². The fourth-order valence-electron chi connectivity index (χ4n) is 3.90. The minimum atomic E-state index is -0.427. The van der Waals surface area contributed by atoms with E-state index in [0.29, 0.717) is 13.2 Å². The Morgan fingerprint density at radius 3 is 2.54 bits per heavy atom. The smallest absolute Gasteiger partial charge is 0.244 e. The van der Waals surface area contributed by atoms with E-state index < -0.39 is 6.04 Å². The van der Waals surface area contributed by atoms with Crippen molar-refractivity contribution >= 4 is 24.0 Å². The third-order valence-electron chi connectivity index (χ3n) is 5.41. The number of carbonyl (C=O) groups excluding carboxylic acids is 1. The molecule has 2 aromatic rings. The van der Waals surface area contributed by atoms with E-state index in [9.17, 15) is 4.79 Å². The summed E-state index contributed by atoms with van der Waals surface area (Å²) in [5, 5.41) is 0. The number of nitrogens with two attached hydrogens (primary N) is 1. The third kappa shape index (κ3) is 3.63. The maximum atomic E-state index is 12.9. The summed E-state index contributed by atoms with van der Waals surface area (Å²) in [7, 11) is 0. The number of amides is 1. The van der Waals surface area contributed by atoms with Crippen LogP contribution in [-0.2, 0) is 16.0 Å². The van der Waals surface area contributed by atoms with Crippen molar-refractivity contribution in [3.63, 3.8) is 0 Å². The van der Waals surface area contributed by atoms with Crippen LogP contribution in [0.5, 0.6) is 0 Å². The Kier molecular flexibility index (Phi) is 5.97. The highest BCUT2D eigenvalue weighted by Crippen LogP contribution is 2.33. The molecular formula is C21H25ClN2O2. The Morgan fingerprint density at radius 1 is 1.08 bits per heavy atom. The minimum Gasteiger partial charge on any atom is -0.381 e. The van der Waals surface area contributed by atoms with Crippen LogP contribution in [0.4, 0.5) is 5.69 Å². The lowest BCUT2D eigenvalue weighted by Crippen LogP contribution is -2.48. The van der Waals surface area contributed by atoms with Gasteiger partial charge in [-0.05, 0) is 54.0 Å². The molecule has 2 aromatic carbocycles. The van der Waals surface area contributed by atoms with E-state index in [2.05, 4.69) is 30.3 Å². The van der Waals surface area contributed by atoms with Crippen LogP contribution in [0, 0.1) is 5.92 Å². The van der Waals surface area contributed by atoms with E-state index in [0.717, 1.165) is 31.5 Å². The van der Waals surface area contributed by atoms with Crippen molar-refractivity contribution in [2.45, 2.75) is 25.3 Å². The lowest BCUT2D eigenvalue weighted by molar-refractivity contribution is -0.121. The highest BCUT2D eigenvalue weighted by Gasteiger charge is 2.33. The highest BCUT2D eigenvalue weighted by atomic mass is 35.5. The van der Waals surface area contributed by atoms with Crippen molar-refractivity contribution in [2.75, 3.05) is 24.7 Å². The number of fused-ring (bicyclic) bond motifs is 1. The van der Waals surface area contributed by atoms with Gasteiger partial charge >= 0.3 is 0 Å². The van der Waals surface area contributed by atoms with Crippen LogP contribution in [0.2, 0.25) is 0 Å². The molecule has 5 heteroatoms. The van der Waals surface area contributed by atoms with E-state index in [4.69, 9.17) is 10.5 Å². The Balaban J connectivity index is 0.00000196. The zero-order chi connectivity index (χ0) is 17.2. The first-order valence-electron chi connectivity index (χ1n) is 9.07. The van der Waals surface area contributed by atoms with Gasteiger partial charge in [0.1, 0.15) is 0 Å². The fourth-order valence-corrected chi connectivity index (χ4v) is 3.90. The predicted molar refractivity (Wildman–Crippen MR) is 107 cm³/mol. The lowest BCUT2D eigenvalue weighted by atomic mass is 9.91. The molecule has 1 atom stereocenters. The van der Waals surface area contributed by atoms with Crippen molar-refractivity contribution < 1.29 is 9.53 Å². The molecule has 1 fully saturated rings. The summed E-state index contributed by atoms with van der Waals surface area (Å²) in [6.07, 6.45) is 2.64. The van der Waals surface area contributed by atoms with E-state index in [1.54, 1.807) is 0 Å². The molecule has 26 heavy (non-hydrogen) atoms. The molecule has 0 bridgehead atoms. The summed E-state index contributed by atoms with van der Waals surface area (Å²) in [5.41, 5.74) is 11.0. The number of nitrogens with zero attached hydrogens (tertiary/aromatic N) is 1. The number of halogens is 1. The van der Waals surface area contributed by atoms with Crippen LogP contribution in [0.1, 0.15) is 18.4 Å². The molecule has 0 aromatic heterocycles. The first kappa shape index (κ1) is 18.9. The summed E-state index contributed by atoms with van der Waals surface area (Å²) in [6.45, 7) is 2.15. The molecule has 1 saturated heterocycles. The monoisotopic (exact) mass is 372 g/mol. The number of rotatable bonds is 3. The quantitative estimate of drug-likeness (QED) is 0.898.